The van der Waals surface area contributed by atoms with Crippen LogP contribution in [0.15, 0.2) is 72.8 Å². The third kappa shape index (κ3) is 8.12. The zero-order chi connectivity index (χ0) is 29.6. The highest BCUT2D eigenvalue weighted by molar-refractivity contribution is 5.84. The van der Waals surface area contributed by atoms with Crippen molar-refractivity contribution in [3.05, 3.63) is 124 Å². The summed E-state index contributed by atoms with van der Waals surface area (Å²) < 4.78 is 99.4. The average Bonchev–Trinajstić information content (AvgIpc) is 2.91. The average molecular weight is 575 g/mol. The Morgan fingerprint density at radius 2 is 1.27 bits per heavy atom. The summed E-state index contributed by atoms with van der Waals surface area (Å²) in [6.45, 7) is 0.136. The molecule has 0 N–H and O–H groups in total. The molecule has 0 amide bonds. The van der Waals surface area contributed by atoms with Gasteiger partial charge in [0, 0.05) is 5.39 Å². The van der Waals surface area contributed by atoms with Crippen LogP contribution >= 0.6 is 0 Å². The lowest BCUT2D eigenvalue weighted by atomic mass is 9.96. The summed E-state index contributed by atoms with van der Waals surface area (Å²) in [6.07, 6.45) is 2.18. The van der Waals surface area contributed by atoms with E-state index >= 15 is 4.39 Å². The van der Waals surface area contributed by atoms with Gasteiger partial charge in [0.05, 0.1) is 0 Å². The van der Waals surface area contributed by atoms with Crippen LogP contribution in [0.25, 0.3) is 10.8 Å². The van der Waals surface area contributed by atoms with Crippen molar-refractivity contribution in [2.45, 2.75) is 51.6 Å². The molecule has 0 saturated heterocycles. The maximum Gasteiger partial charge on any atom is 0.422 e. The molecular formula is C33H29F7O. The Morgan fingerprint density at radius 1 is 0.659 bits per heavy atom. The van der Waals surface area contributed by atoms with Gasteiger partial charge in [-0.3, -0.25) is 0 Å². The van der Waals surface area contributed by atoms with Crippen molar-refractivity contribution < 1.29 is 35.5 Å². The highest BCUT2D eigenvalue weighted by Crippen LogP contribution is 2.28. The van der Waals surface area contributed by atoms with E-state index in [4.69, 9.17) is 0 Å². The number of aryl methyl sites for hydroxylation is 5. The molecule has 1 nitrogen and oxygen atoms in total. The van der Waals surface area contributed by atoms with Crippen LogP contribution in [0, 0.1) is 23.3 Å². The molecule has 0 heterocycles. The molecule has 0 unspecified atom stereocenters. The first-order valence-corrected chi connectivity index (χ1v) is 13.3. The van der Waals surface area contributed by atoms with Gasteiger partial charge >= 0.3 is 6.18 Å². The third-order valence-corrected chi connectivity index (χ3v) is 6.86. The lowest BCUT2D eigenvalue weighted by Gasteiger charge is -2.12. The van der Waals surface area contributed by atoms with Crippen LogP contribution in [0.2, 0.25) is 0 Å². The largest absolute Gasteiger partial charge is 0.478 e. The Labute approximate surface area is 234 Å². The van der Waals surface area contributed by atoms with E-state index in [9.17, 15) is 26.3 Å². The van der Waals surface area contributed by atoms with E-state index in [1.807, 2.05) is 37.3 Å². The predicted molar refractivity (Wildman–Crippen MR) is 146 cm³/mol. The Kier molecular flexibility index (Phi) is 9.73. The molecule has 4 aromatic rings. The molecule has 0 spiro atoms. The Morgan fingerprint density at radius 3 is 1.95 bits per heavy atom. The Bertz CT molecular complexity index is 1520. The van der Waals surface area contributed by atoms with Crippen LogP contribution in [-0.2, 0) is 32.1 Å². The van der Waals surface area contributed by atoms with Gasteiger partial charge in [-0.1, -0.05) is 54.6 Å². The summed E-state index contributed by atoms with van der Waals surface area (Å²) >= 11 is 0. The summed E-state index contributed by atoms with van der Waals surface area (Å²) in [5.74, 6) is -4.30. The number of allylic oxidation sites excluding steroid dienone is 2. The van der Waals surface area contributed by atoms with Crippen molar-refractivity contribution in [3.8, 4) is 5.75 Å². The molecule has 0 saturated carbocycles. The molecule has 4 aromatic carbocycles. The molecule has 0 fully saturated rings. The molecular weight excluding hydrogens is 545 g/mol. The minimum Gasteiger partial charge on any atom is -0.478 e. The maximum absolute atomic E-state index is 15.3. The predicted octanol–water partition coefficient (Wildman–Crippen LogP) is 9.42. The monoisotopic (exact) mass is 574 g/mol. The van der Waals surface area contributed by atoms with Crippen molar-refractivity contribution in [2.75, 3.05) is 6.61 Å². The summed E-state index contributed by atoms with van der Waals surface area (Å²) in [6, 6.07) is 15.8. The van der Waals surface area contributed by atoms with Gasteiger partial charge in [-0.15, -0.1) is 0 Å². The van der Waals surface area contributed by atoms with Crippen molar-refractivity contribution in [3.63, 3.8) is 0 Å². The third-order valence-electron chi connectivity index (χ3n) is 6.86. The first-order chi connectivity index (χ1) is 19.5. The second kappa shape index (κ2) is 13.2. The summed E-state index contributed by atoms with van der Waals surface area (Å²) in [4.78, 5) is 0. The number of benzene rings is 4. The van der Waals surface area contributed by atoms with Crippen molar-refractivity contribution in [2.24, 2.45) is 0 Å². The molecule has 0 atom stereocenters. The number of halogens is 7. The van der Waals surface area contributed by atoms with Crippen LogP contribution in [0.4, 0.5) is 30.7 Å². The van der Waals surface area contributed by atoms with Gasteiger partial charge in [-0.05, 0) is 96.9 Å². The van der Waals surface area contributed by atoms with Crippen LogP contribution in [-0.4, -0.2) is 12.8 Å². The van der Waals surface area contributed by atoms with E-state index in [2.05, 4.69) is 4.74 Å². The van der Waals surface area contributed by atoms with E-state index in [1.54, 1.807) is 30.3 Å². The fraction of sp³-hybridized carbons (Fsp3) is 0.273. The first-order valence-electron chi connectivity index (χ1n) is 13.3. The highest BCUT2D eigenvalue weighted by atomic mass is 19.4. The molecule has 0 bridgehead atoms. The number of alkyl halides is 3. The first kappa shape index (κ1) is 30.2. The second-order valence-corrected chi connectivity index (χ2v) is 9.92. The van der Waals surface area contributed by atoms with Crippen molar-refractivity contribution in [1.82, 2.24) is 0 Å². The second-order valence-electron chi connectivity index (χ2n) is 9.92. The van der Waals surface area contributed by atoms with Gasteiger partial charge < -0.3 is 4.74 Å². The fourth-order valence-corrected chi connectivity index (χ4v) is 4.71. The molecule has 8 heteroatoms. The van der Waals surface area contributed by atoms with Crippen LogP contribution in [0.5, 0.6) is 5.75 Å². The Hall–Kier alpha value is -3.81. The molecule has 0 aliphatic heterocycles. The molecule has 0 aliphatic rings. The topological polar surface area (TPSA) is 9.23 Å². The summed E-state index contributed by atoms with van der Waals surface area (Å²) in [5, 5.41) is 1.06. The fourth-order valence-electron chi connectivity index (χ4n) is 4.71. The van der Waals surface area contributed by atoms with Gasteiger partial charge in [0.15, 0.2) is 24.0 Å². The van der Waals surface area contributed by atoms with Crippen molar-refractivity contribution in [1.29, 1.82) is 0 Å². The number of ether oxygens (including phenoxy) is 1. The number of hydrogen-bond acceptors (Lipinski definition) is 1. The van der Waals surface area contributed by atoms with E-state index < -0.39 is 36.0 Å². The van der Waals surface area contributed by atoms with Crippen molar-refractivity contribution >= 4 is 10.8 Å². The molecule has 0 aliphatic carbocycles. The summed E-state index contributed by atoms with van der Waals surface area (Å²) in [7, 11) is 0. The van der Waals surface area contributed by atoms with E-state index in [0.717, 1.165) is 36.1 Å². The van der Waals surface area contributed by atoms with E-state index in [-0.39, 0.29) is 24.2 Å². The molecule has 216 valence electrons. The molecule has 0 radical (unpaired) electrons. The summed E-state index contributed by atoms with van der Waals surface area (Å²) in [5.41, 5.74) is 2.99. The quantitative estimate of drug-likeness (QED) is 0.128. The van der Waals surface area contributed by atoms with Crippen LogP contribution in [0.3, 0.4) is 0 Å². The minimum absolute atomic E-state index is 0.0631. The number of hydrogen-bond donors (Lipinski definition) is 0. The van der Waals surface area contributed by atoms with E-state index in [0.29, 0.717) is 34.7 Å². The lowest BCUT2D eigenvalue weighted by molar-refractivity contribution is -0.154. The number of fused-ring (bicyclic) bond motifs is 1. The highest BCUT2D eigenvalue weighted by Gasteiger charge is 2.30. The maximum atomic E-state index is 15.3. The normalized spacial score (nSPS) is 12.0. The van der Waals surface area contributed by atoms with Gasteiger partial charge in [-0.25, -0.2) is 17.6 Å². The standard InChI is InChI=1S/C33H29F7O/c1-2-3-4-5-21-6-10-24(28(34)17-21)11-7-22-9-15-27-26(16-22)14-13-25(31(27)37)12-8-23-18-29(35)32(30(36)19-23)41-20-33(38,39)40/h2-3,6,9-10,13-19H,4-5,7-8,11-12,20H2,1H3/b3-2+. The van der Waals surface area contributed by atoms with Crippen LogP contribution in [0.1, 0.15) is 41.2 Å². The van der Waals surface area contributed by atoms with Gasteiger partial charge in [0.2, 0.25) is 0 Å². The van der Waals surface area contributed by atoms with Gasteiger partial charge in [-0.2, -0.15) is 13.2 Å². The Balaban J connectivity index is 1.40. The van der Waals surface area contributed by atoms with Gasteiger partial charge in [0.1, 0.15) is 11.6 Å². The van der Waals surface area contributed by atoms with Gasteiger partial charge in [0.25, 0.3) is 0 Å². The van der Waals surface area contributed by atoms with Crippen LogP contribution < -0.4 is 4.74 Å². The minimum atomic E-state index is -4.73. The molecule has 41 heavy (non-hydrogen) atoms. The van der Waals surface area contributed by atoms with E-state index in [1.165, 1.54) is 0 Å². The SMILES string of the molecule is C/C=C/CCc1ccc(CCc2ccc3c(F)c(CCc4cc(F)c(OCC(F)(F)F)c(F)c4)ccc3c2)c(F)c1. The zero-order valence-electron chi connectivity index (χ0n) is 22.4. The smallest absolute Gasteiger partial charge is 0.422 e. The number of rotatable bonds is 11. The molecule has 4 rings (SSSR count). The lowest BCUT2D eigenvalue weighted by Crippen LogP contribution is -2.20. The zero-order valence-corrected chi connectivity index (χ0v) is 22.4. The molecule has 0 aromatic heterocycles.